The van der Waals surface area contributed by atoms with Crippen LogP contribution in [0.5, 0.6) is 0 Å². The molecular weight excluding hydrogens is 322 g/mol. The van der Waals surface area contributed by atoms with Crippen molar-refractivity contribution in [3.63, 3.8) is 0 Å². The van der Waals surface area contributed by atoms with Gasteiger partial charge in [-0.15, -0.1) is 0 Å². The van der Waals surface area contributed by atoms with E-state index in [4.69, 9.17) is 14.9 Å². The van der Waals surface area contributed by atoms with Crippen LogP contribution in [-0.2, 0) is 30.5 Å². The summed E-state index contributed by atoms with van der Waals surface area (Å²) in [6.45, 7) is -0.675. The molecule has 0 saturated carbocycles. The molecule has 0 heterocycles. The van der Waals surface area contributed by atoms with Crippen LogP contribution in [0.2, 0.25) is 0 Å². The van der Waals surface area contributed by atoms with Crippen molar-refractivity contribution < 1.29 is 38.9 Å². The molecule has 9 nitrogen and oxygen atoms in total. The lowest BCUT2D eigenvalue weighted by atomic mass is 10.2. The summed E-state index contributed by atoms with van der Waals surface area (Å²) in [4.78, 5) is 44.2. The average Bonchev–Trinajstić information content (AvgIpc) is 2.55. The zero-order valence-corrected chi connectivity index (χ0v) is 12.6. The third-order valence-corrected chi connectivity index (χ3v) is 2.76. The van der Waals surface area contributed by atoms with Gasteiger partial charge in [0.2, 0.25) is 0 Å². The molecule has 0 radical (unpaired) electrons. The Balaban J connectivity index is 2.39. The van der Waals surface area contributed by atoms with Gasteiger partial charge in [0.1, 0.15) is 13.2 Å². The predicted octanol–water partition coefficient (Wildman–Crippen LogP) is 0.774. The molecule has 1 atom stereocenters. The Morgan fingerprint density at radius 2 is 1.67 bits per heavy atom. The molecule has 9 heteroatoms. The highest BCUT2D eigenvalue weighted by Gasteiger charge is 2.22. The number of nitrogens with one attached hydrogen (secondary N) is 1. The van der Waals surface area contributed by atoms with Gasteiger partial charge in [0.15, 0.2) is 6.04 Å². The van der Waals surface area contributed by atoms with E-state index in [1.54, 1.807) is 30.3 Å². The lowest BCUT2D eigenvalue weighted by Crippen LogP contribution is -2.44. The van der Waals surface area contributed by atoms with Crippen LogP contribution in [-0.4, -0.2) is 46.9 Å². The number of carbonyl (C=O) groups excluding carboxylic acids is 2. The molecule has 0 saturated heterocycles. The summed E-state index contributed by atoms with van der Waals surface area (Å²) in [6.07, 6.45) is -1.80. The fraction of sp³-hybridized carbons (Fsp3) is 0.333. The standard InChI is InChI=1S/C15H17NO8/c17-12(18)6-7-13(19)23-9-11(14(20)21)16-15(22)24-8-10-4-2-1-3-5-10/h1-5,11H,6-9H2,(H,16,22)(H,17,18)(H,20,21). The Bertz CT molecular complexity index is 586. The van der Waals surface area contributed by atoms with Gasteiger partial charge in [0.05, 0.1) is 12.8 Å². The van der Waals surface area contributed by atoms with Crippen molar-refractivity contribution in [2.24, 2.45) is 0 Å². The van der Waals surface area contributed by atoms with Gasteiger partial charge in [-0.3, -0.25) is 9.59 Å². The number of amides is 1. The van der Waals surface area contributed by atoms with Crippen molar-refractivity contribution in [3.05, 3.63) is 35.9 Å². The fourth-order valence-corrected chi connectivity index (χ4v) is 1.54. The highest BCUT2D eigenvalue weighted by molar-refractivity contribution is 5.81. The van der Waals surface area contributed by atoms with Crippen LogP contribution in [0.15, 0.2) is 30.3 Å². The molecule has 0 fully saturated rings. The molecule has 1 rings (SSSR count). The van der Waals surface area contributed by atoms with Crippen LogP contribution in [0, 0.1) is 0 Å². The van der Waals surface area contributed by atoms with E-state index in [1.165, 1.54) is 0 Å². The van der Waals surface area contributed by atoms with Crippen LogP contribution in [0.4, 0.5) is 4.79 Å². The highest BCUT2D eigenvalue weighted by Crippen LogP contribution is 2.01. The Kier molecular flexibility index (Phi) is 7.76. The number of carboxylic acids is 2. The first-order valence-corrected chi connectivity index (χ1v) is 6.96. The van der Waals surface area contributed by atoms with E-state index in [1.807, 2.05) is 0 Å². The summed E-state index contributed by atoms with van der Waals surface area (Å²) in [5.74, 6) is -3.47. The largest absolute Gasteiger partial charge is 0.481 e. The van der Waals surface area contributed by atoms with E-state index in [2.05, 4.69) is 10.1 Å². The second-order valence-corrected chi connectivity index (χ2v) is 4.67. The number of benzene rings is 1. The minimum absolute atomic E-state index is 0.0442. The number of carboxylic acid groups (broad SMARTS) is 2. The van der Waals surface area contributed by atoms with Crippen molar-refractivity contribution in [2.75, 3.05) is 6.61 Å². The molecule has 0 aliphatic carbocycles. The Labute approximate surface area is 137 Å². The lowest BCUT2D eigenvalue weighted by Gasteiger charge is -2.14. The molecular formula is C15H17NO8. The zero-order valence-electron chi connectivity index (χ0n) is 12.6. The minimum Gasteiger partial charge on any atom is -0.481 e. The van der Waals surface area contributed by atoms with Gasteiger partial charge in [-0.05, 0) is 5.56 Å². The van der Waals surface area contributed by atoms with Gasteiger partial charge in [-0.2, -0.15) is 0 Å². The third kappa shape index (κ3) is 7.78. The number of aliphatic carboxylic acids is 2. The van der Waals surface area contributed by atoms with Crippen LogP contribution in [0.25, 0.3) is 0 Å². The molecule has 1 aromatic carbocycles. The van der Waals surface area contributed by atoms with Crippen LogP contribution < -0.4 is 5.32 Å². The summed E-state index contributed by atoms with van der Waals surface area (Å²) in [7, 11) is 0. The monoisotopic (exact) mass is 339 g/mol. The summed E-state index contributed by atoms with van der Waals surface area (Å²) in [6, 6.07) is 7.27. The molecule has 1 unspecified atom stereocenters. The zero-order chi connectivity index (χ0) is 17.9. The summed E-state index contributed by atoms with van der Waals surface area (Å²) in [5.41, 5.74) is 0.722. The topological polar surface area (TPSA) is 139 Å². The quantitative estimate of drug-likeness (QED) is 0.561. The van der Waals surface area contributed by atoms with E-state index in [0.29, 0.717) is 0 Å². The van der Waals surface area contributed by atoms with E-state index in [-0.39, 0.29) is 13.0 Å². The van der Waals surface area contributed by atoms with Crippen LogP contribution in [0.1, 0.15) is 18.4 Å². The molecule has 130 valence electrons. The van der Waals surface area contributed by atoms with Crippen molar-refractivity contribution in [3.8, 4) is 0 Å². The third-order valence-electron chi connectivity index (χ3n) is 2.76. The van der Waals surface area contributed by atoms with Gasteiger partial charge in [0, 0.05) is 0 Å². The Hall–Kier alpha value is -3.10. The first-order valence-electron chi connectivity index (χ1n) is 6.96. The van der Waals surface area contributed by atoms with Gasteiger partial charge in [-0.1, -0.05) is 30.3 Å². The van der Waals surface area contributed by atoms with Gasteiger partial charge >= 0.3 is 24.0 Å². The van der Waals surface area contributed by atoms with Gasteiger partial charge < -0.3 is 25.0 Å². The number of rotatable bonds is 9. The summed E-state index contributed by atoms with van der Waals surface area (Å²) >= 11 is 0. The molecule has 0 spiro atoms. The molecule has 3 N–H and O–H groups in total. The summed E-state index contributed by atoms with van der Waals surface area (Å²) in [5, 5.41) is 19.5. The van der Waals surface area contributed by atoms with Crippen molar-refractivity contribution in [2.45, 2.75) is 25.5 Å². The Morgan fingerprint density at radius 3 is 2.25 bits per heavy atom. The van der Waals surface area contributed by atoms with Crippen LogP contribution >= 0.6 is 0 Å². The molecule has 0 aromatic heterocycles. The average molecular weight is 339 g/mol. The maximum absolute atomic E-state index is 11.6. The molecule has 0 aliphatic heterocycles. The van der Waals surface area contributed by atoms with E-state index >= 15 is 0 Å². The number of ether oxygens (including phenoxy) is 2. The van der Waals surface area contributed by atoms with Gasteiger partial charge in [0.25, 0.3) is 0 Å². The Morgan fingerprint density at radius 1 is 1.00 bits per heavy atom. The molecule has 1 amide bonds. The predicted molar refractivity (Wildman–Crippen MR) is 79.0 cm³/mol. The number of hydrogen-bond donors (Lipinski definition) is 3. The SMILES string of the molecule is O=C(O)CCC(=O)OCC(NC(=O)OCc1ccccc1)C(=O)O. The first kappa shape index (κ1) is 18.9. The van der Waals surface area contributed by atoms with E-state index < -0.39 is 43.1 Å². The van der Waals surface area contributed by atoms with Crippen LogP contribution in [0.3, 0.4) is 0 Å². The van der Waals surface area contributed by atoms with E-state index in [0.717, 1.165) is 5.56 Å². The van der Waals surface area contributed by atoms with Crippen molar-refractivity contribution in [1.29, 1.82) is 0 Å². The fourth-order valence-electron chi connectivity index (χ4n) is 1.54. The second-order valence-electron chi connectivity index (χ2n) is 4.67. The molecule has 0 bridgehead atoms. The maximum Gasteiger partial charge on any atom is 0.408 e. The van der Waals surface area contributed by atoms with Gasteiger partial charge in [-0.25, -0.2) is 9.59 Å². The van der Waals surface area contributed by atoms with Crippen molar-refractivity contribution >= 4 is 24.0 Å². The number of carbonyl (C=O) groups is 4. The minimum atomic E-state index is -1.50. The summed E-state index contributed by atoms with van der Waals surface area (Å²) < 4.78 is 9.49. The number of alkyl carbamates (subject to hydrolysis) is 1. The smallest absolute Gasteiger partial charge is 0.408 e. The molecule has 24 heavy (non-hydrogen) atoms. The second kappa shape index (κ2) is 9.82. The number of hydrogen-bond acceptors (Lipinski definition) is 6. The molecule has 0 aliphatic rings. The van der Waals surface area contributed by atoms with Crippen molar-refractivity contribution in [1.82, 2.24) is 5.32 Å². The first-order chi connectivity index (χ1) is 11.4. The molecule has 1 aromatic rings. The maximum atomic E-state index is 11.6. The number of esters is 1. The van der Waals surface area contributed by atoms with E-state index in [9.17, 15) is 19.2 Å². The highest BCUT2D eigenvalue weighted by atomic mass is 16.6. The lowest BCUT2D eigenvalue weighted by molar-refractivity contribution is -0.151. The normalized spacial score (nSPS) is 11.2.